The normalized spacial score (nSPS) is 18.0. The molecule has 0 saturated carbocycles. The van der Waals surface area contributed by atoms with Crippen LogP contribution in [0.15, 0.2) is 30.3 Å². The fraction of sp³-hybridized carbons (Fsp3) is 0.375. The molecule has 1 unspecified atom stereocenters. The molecule has 21 heavy (non-hydrogen) atoms. The highest BCUT2D eigenvalue weighted by Crippen LogP contribution is 2.23. The van der Waals surface area contributed by atoms with E-state index in [1.54, 1.807) is 7.11 Å². The SMILES string of the molecule is COc1cccc2ccc(CNCC3CCC(=O)N3)nc12. The van der Waals surface area contributed by atoms with Crippen LogP contribution < -0.4 is 15.4 Å². The van der Waals surface area contributed by atoms with E-state index in [9.17, 15) is 4.79 Å². The zero-order valence-electron chi connectivity index (χ0n) is 12.1. The Labute approximate surface area is 123 Å². The zero-order chi connectivity index (χ0) is 14.7. The van der Waals surface area contributed by atoms with Crippen LogP contribution in [0.3, 0.4) is 0 Å². The average Bonchev–Trinajstić information content (AvgIpc) is 2.92. The predicted molar refractivity (Wildman–Crippen MR) is 81.2 cm³/mol. The van der Waals surface area contributed by atoms with Crippen LogP contribution in [0.4, 0.5) is 0 Å². The number of benzene rings is 1. The summed E-state index contributed by atoms with van der Waals surface area (Å²) in [4.78, 5) is 15.8. The second-order valence-corrected chi connectivity index (χ2v) is 5.27. The van der Waals surface area contributed by atoms with Crippen molar-refractivity contribution >= 4 is 16.8 Å². The molecule has 0 bridgehead atoms. The minimum absolute atomic E-state index is 0.148. The van der Waals surface area contributed by atoms with Crippen molar-refractivity contribution in [2.75, 3.05) is 13.7 Å². The standard InChI is InChI=1S/C16H19N3O2/c1-21-14-4-2-3-11-5-6-13(19-16(11)14)10-17-9-12-7-8-15(20)18-12/h2-6,12,17H,7-10H2,1H3,(H,18,20). The highest BCUT2D eigenvalue weighted by molar-refractivity contribution is 5.84. The monoisotopic (exact) mass is 285 g/mol. The van der Waals surface area contributed by atoms with Crippen molar-refractivity contribution in [1.29, 1.82) is 0 Å². The van der Waals surface area contributed by atoms with Gasteiger partial charge in [0.15, 0.2) is 0 Å². The van der Waals surface area contributed by atoms with E-state index < -0.39 is 0 Å². The fourth-order valence-electron chi connectivity index (χ4n) is 2.63. The Hall–Kier alpha value is -2.14. The van der Waals surface area contributed by atoms with E-state index in [0.717, 1.165) is 35.3 Å². The van der Waals surface area contributed by atoms with Crippen molar-refractivity contribution in [1.82, 2.24) is 15.6 Å². The topological polar surface area (TPSA) is 63.2 Å². The van der Waals surface area contributed by atoms with Crippen molar-refractivity contribution in [3.05, 3.63) is 36.0 Å². The summed E-state index contributed by atoms with van der Waals surface area (Å²) in [6, 6.07) is 10.2. The number of carbonyl (C=O) groups is 1. The summed E-state index contributed by atoms with van der Waals surface area (Å²) < 4.78 is 5.35. The lowest BCUT2D eigenvalue weighted by molar-refractivity contribution is -0.119. The first-order valence-corrected chi connectivity index (χ1v) is 7.19. The number of hydrogen-bond acceptors (Lipinski definition) is 4. The van der Waals surface area contributed by atoms with Gasteiger partial charge in [0.05, 0.1) is 12.8 Å². The minimum atomic E-state index is 0.148. The van der Waals surface area contributed by atoms with Crippen molar-refractivity contribution in [2.45, 2.75) is 25.4 Å². The van der Waals surface area contributed by atoms with Crippen molar-refractivity contribution in [2.24, 2.45) is 0 Å². The third-order valence-corrected chi connectivity index (χ3v) is 3.74. The number of pyridine rings is 1. The summed E-state index contributed by atoms with van der Waals surface area (Å²) >= 11 is 0. The van der Waals surface area contributed by atoms with Gasteiger partial charge in [-0.1, -0.05) is 18.2 Å². The van der Waals surface area contributed by atoms with Gasteiger partial charge in [0.1, 0.15) is 11.3 Å². The lowest BCUT2D eigenvalue weighted by atomic mass is 10.2. The van der Waals surface area contributed by atoms with E-state index in [1.165, 1.54) is 0 Å². The highest BCUT2D eigenvalue weighted by Gasteiger charge is 2.19. The first kappa shape index (κ1) is 13.8. The number of aromatic nitrogens is 1. The quantitative estimate of drug-likeness (QED) is 0.876. The maximum Gasteiger partial charge on any atom is 0.220 e. The van der Waals surface area contributed by atoms with Crippen LogP contribution >= 0.6 is 0 Å². The van der Waals surface area contributed by atoms with Gasteiger partial charge in [0.25, 0.3) is 0 Å². The molecule has 0 spiro atoms. The summed E-state index contributed by atoms with van der Waals surface area (Å²) in [5.41, 5.74) is 1.85. The van der Waals surface area contributed by atoms with E-state index >= 15 is 0 Å². The third kappa shape index (κ3) is 3.13. The molecule has 2 N–H and O–H groups in total. The van der Waals surface area contributed by atoms with Crippen LogP contribution in [-0.2, 0) is 11.3 Å². The Bertz CT molecular complexity index is 657. The molecule has 1 amide bonds. The first-order chi connectivity index (χ1) is 10.3. The second-order valence-electron chi connectivity index (χ2n) is 5.27. The number of rotatable bonds is 5. The molecule has 1 aromatic carbocycles. The molecule has 5 nitrogen and oxygen atoms in total. The molecule has 1 fully saturated rings. The third-order valence-electron chi connectivity index (χ3n) is 3.74. The summed E-state index contributed by atoms with van der Waals surface area (Å²) in [6.07, 6.45) is 1.54. The lowest BCUT2D eigenvalue weighted by Gasteiger charge is -2.11. The van der Waals surface area contributed by atoms with Crippen LogP contribution in [0.2, 0.25) is 0 Å². The summed E-state index contributed by atoms with van der Waals surface area (Å²) in [6.45, 7) is 1.46. The molecule has 1 aliphatic rings. The van der Waals surface area contributed by atoms with Crippen molar-refractivity contribution in [3.63, 3.8) is 0 Å². The smallest absolute Gasteiger partial charge is 0.220 e. The molecular formula is C16H19N3O2. The number of para-hydroxylation sites is 1. The van der Waals surface area contributed by atoms with Crippen LogP contribution in [0.5, 0.6) is 5.75 Å². The molecule has 5 heteroatoms. The van der Waals surface area contributed by atoms with E-state index in [1.807, 2.05) is 24.3 Å². The van der Waals surface area contributed by atoms with Crippen LogP contribution in [0, 0.1) is 0 Å². The van der Waals surface area contributed by atoms with E-state index in [4.69, 9.17) is 4.74 Å². The van der Waals surface area contributed by atoms with Gasteiger partial charge < -0.3 is 15.4 Å². The number of nitrogens with zero attached hydrogens (tertiary/aromatic N) is 1. The zero-order valence-corrected chi connectivity index (χ0v) is 12.1. The van der Waals surface area contributed by atoms with Gasteiger partial charge in [-0.2, -0.15) is 0 Å². The summed E-state index contributed by atoms with van der Waals surface area (Å²) in [5, 5.41) is 7.36. The molecule has 110 valence electrons. The molecule has 1 aliphatic heterocycles. The first-order valence-electron chi connectivity index (χ1n) is 7.19. The minimum Gasteiger partial charge on any atom is -0.494 e. The van der Waals surface area contributed by atoms with E-state index in [2.05, 4.69) is 21.7 Å². The number of nitrogens with one attached hydrogen (secondary N) is 2. The summed E-state index contributed by atoms with van der Waals surface area (Å²) in [7, 11) is 1.66. The number of fused-ring (bicyclic) bond motifs is 1. The van der Waals surface area contributed by atoms with Crippen molar-refractivity contribution in [3.8, 4) is 5.75 Å². The number of ether oxygens (including phenoxy) is 1. The summed E-state index contributed by atoms with van der Waals surface area (Å²) in [5.74, 6) is 0.938. The van der Waals surface area contributed by atoms with Gasteiger partial charge in [-0.25, -0.2) is 4.98 Å². The predicted octanol–water partition coefficient (Wildman–Crippen LogP) is 1.61. The average molecular weight is 285 g/mol. The maximum atomic E-state index is 11.1. The Morgan fingerprint density at radius 1 is 1.38 bits per heavy atom. The fourth-order valence-corrected chi connectivity index (χ4v) is 2.63. The van der Waals surface area contributed by atoms with Gasteiger partial charge in [-0.15, -0.1) is 0 Å². The maximum absolute atomic E-state index is 11.1. The van der Waals surface area contributed by atoms with Gasteiger partial charge in [-0.05, 0) is 18.6 Å². The van der Waals surface area contributed by atoms with Gasteiger partial charge in [0, 0.05) is 30.9 Å². The Kier molecular flexibility index (Phi) is 4.01. The van der Waals surface area contributed by atoms with Crippen LogP contribution in [-0.4, -0.2) is 30.6 Å². The molecule has 1 atom stereocenters. The van der Waals surface area contributed by atoms with Gasteiger partial charge >= 0.3 is 0 Å². The van der Waals surface area contributed by atoms with E-state index in [-0.39, 0.29) is 11.9 Å². The number of amides is 1. The van der Waals surface area contributed by atoms with Gasteiger partial charge in [-0.3, -0.25) is 4.79 Å². The number of methoxy groups -OCH3 is 1. The number of hydrogen-bond donors (Lipinski definition) is 2. The Morgan fingerprint density at radius 2 is 2.29 bits per heavy atom. The molecule has 2 heterocycles. The molecular weight excluding hydrogens is 266 g/mol. The van der Waals surface area contributed by atoms with Gasteiger partial charge in [0.2, 0.25) is 5.91 Å². The van der Waals surface area contributed by atoms with Crippen LogP contribution in [0.25, 0.3) is 10.9 Å². The molecule has 0 radical (unpaired) electrons. The second kappa shape index (κ2) is 6.10. The van der Waals surface area contributed by atoms with Crippen LogP contribution in [0.1, 0.15) is 18.5 Å². The molecule has 3 rings (SSSR count). The largest absolute Gasteiger partial charge is 0.494 e. The molecule has 0 aliphatic carbocycles. The molecule has 2 aromatic rings. The molecule has 1 aromatic heterocycles. The Balaban J connectivity index is 1.65. The molecule has 1 saturated heterocycles. The van der Waals surface area contributed by atoms with Crippen molar-refractivity contribution < 1.29 is 9.53 Å². The lowest BCUT2D eigenvalue weighted by Crippen LogP contribution is -2.35. The Morgan fingerprint density at radius 3 is 3.05 bits per heavy atom. The van der Waals surface area contributed by atoms with E-state index in [0.29, 0.717) is 13.0 Å². The highest BCUT2D eigenvalue weighted by atomic mass is 16.5. The number of carbonyl (C=O) groups excluding carboxylic acids is 1.